The van der Waals surface area contributed by atoms with Gasteiger partial charge in [-0.05, 0) is 6.07 Å². The van der Waals surface area contributed by atoms with Crippen molar-refractivity contribution in [3.8, 4) is 0 Å². The van der Waals surface area contributed by atoms with E-state index in [0.717, 1.165) is 0 Å². The van der Waals surface area contributed by atoms with E-state index in [1.165, 1.54) is 6.20 Å². The summed E-state index contributed by atoms with van der Waals surface area (Å²) in [5.41, 5.74) is 7.24. The first kappa shape index (κ1) is 8.62. The molecule has 68 valence electrons. The van der Waals surface area contributed by atoms with Gasteiger partial charge in [0.1, 0.15) is 19.2 Å². The first-order valence-corrected chi connectivity index (χ1v) is 3.93. The molecule has 0 saturated carbocycles. The van der Waals surface area contributed by atoms with Crippen LogP contribution in [0.3, 0.4) is 0 Å². The van der Waals surface area contributed by atoms with Crippen LogP contribution in [0, 0.1) is 0 Å². The molecule has 0 atom stereocenters. The summed E-state index contributed by atoms with van der Waals surface area (Å²) in [5, 5.41) is 11.4. The fourth-order valence-electron chi connectivity index (χ4n) is 1.24. The Bertz CT molecular complexity index is 505. The molecule has 0 amide bonds. The SMILES string of the molecule is [B]c1ccc2ncc(/C(N)=N/O)n2c1. The predicted octanol–water partition coefficient (Wildman–Crippen LogP) is -0.777. The Hall–Kier alpha value is -1.98. The molecule has 0 aliphatic heterocycles. The second-order valence-electron chi connectivity index (χ2n) is 2.82. The number of oxime groups is 1. The number of hydrogen-bond acceptors (Lipinski definition) is 3. The van der Waals surface area contributed by atoms with Crippen molar-refractivity contribution in [3.63, 3.8) is 0 Å². The lowest BCUT2D eigenvalue weighted by molar-refractivity contribution is 0.318. The van der Waals surface area contributed by atoms with Gasteiger partial charge in [0.25, 0.3) is 0 Å². The summed E-state index contributed by atoms with van der Waals surface area (Å²) in [5.74, 6) is 0.00287. The van der Waals surface area contributed by atoms with Crippen LogP contribution in [-0.4, -0.2) is 28.3 Å². The summed E-state index contributed by atoms with van der Waals surface area (Å²) < 4.78 is 1.66. The lowest BCUT2D eigenvalue weighted by Gasteiger charge is -2.00. The molecule has 2 radical (unpaired) electrons. The lowest BCUT2D eigenvalue weighted by atomic mass is 9.99. The largest absolute Gasteiger partial charge is 0.409 e. The van der Waals surface area contributed by atoms with E-state index in [-0.39, 0.29) is 5.84 Å². The van der Waals surface area contributed by atoms with Gasteiger partial charge in [-0.3, -0.25) is 4.40 Å². The fourth-order valence-corrected chi connectivity index (χ4v) is 1.24. The first-order chi connectivity index (χ1) is 6.72. The molecule has 0 bridgehead atoms. The number of rotatable bonds is 1. The molecule has 2 aromatic heterocycles. The highest BCUT2D eigenvalue weighted by Gasteiger charge is 2.06. The molecule has 0 aliphatic carbocycles. The maximum atomic E-state index is 8.53. The molecule has 2 heterocycles. The highest BCUT2D eigenvalue weighted by atomic mass is 16.4. The zero-order chi connectivity index (χ0) is 10.1. The third-order valence-corrected chi connectivity index (χ3v) is 1.90. The smallest absolute Gasteiger partial charge is 0.188 e. The predicted molar refractivity (Wildman–Crippen MR) is 53.1 cm³/mol. The molecular weight excluding hydrogens is 179 g/mol. The van der Waals surface area contributed by atoms with Crippen molar-refractivity contribution in [2.45, 2.75) is 0 Å². The van der Waals surface area contributed by atoms with Crippen LogP contribution in [0.1, 0.15) is 5.69 Å². The van der Waals surface area contributed by atoms with Crippen LogP contribution < -0.4 is 11.2 Å². The van der Waals surface area contributed by atoms with E-state index < -0.39 is 0 Å². The van der Waals surface area contributed by atoms with Crippen LogP contribution in [0.2, 0.25) is 0 Å². The quantitative estimate of drug-likeness (QED) is 0.202. The van der Waals surface area contributed by atoms with Crippen molar-refractivity contribution in [2.75, 3.05) is 0 Å². The number of hydrogen-bond donors (Lipinski definition) is 2. The molecule has 0 aromatic carbocycles. The Kier molecular flexibility index (Phi) is 1.88. The standard InChI is InChI=1S/C8H7BN4O/c9-5-1-2-7-11-3-6(8(10)12-14)13(7)4-5/h1-4,14H,(H2,10,12). The monoisotopic (exact) mass is 186 g/mol. The van der Waals surface area contributed by atoms with Gasteiger partial charge in [0.05, 0.1) is 6.20 Å². The second kappa shape index (κ2) is 3.06. The fraction of sp³-hybridized carbons (Fsp3) is 0. The molecule has 2 aromatic rings. The molecule has 0 spiro atoms. The molecule has 0 saturated heterocycles. The summed E-state index contributed by atoms with van der Waals surface area (Å²) in [7, 11) is 5.60. The van der Waals surface area contributed by atoms with Crippen molar-refractivity contribution in [1.82, 2.24) is 9.38 Å². The van der Waals surface area contributed by atoms with Crippen LogP contribution in [0.4, 0.5) is 0 Å². The molecule has 2 rings (SSSR count). The molecule has 5 nitrogen and oxygen atoms in total. The van der Waals surface area contributed by atoms with Gasteiger partial charge >= 0.3 is 0 Å². The summed E-state index contributed by atoms with van der Waals surface area (Å²) in [6.07, 6.45) is 3.18. The number of nitrogens with two attached hydrogens (primary N) is 1. The molecule has 3 N–H and O–H groups in total. The topological polar surface area (TPSA) is 75.9 Å². The summed E-state index contributed by atoms with van der Waals surface area (Å²) in [6, 6.07) is 3.49. The maximum absolute atomic E-state index is 8.53. The highest BCUT2D eigenvalue weighted by molar-refractivity contribution is 6.32. The third kappa shape index (κ3) is 1.21. The number of imidazole rings is 1. The minimum atomic E-state index is 0.00287. The van der Waals surface area contributed by atoms with Gasteiger partial charge in [-0.15, -0.1) is 0 Å². The van der Waals surface area contributed by atoms with Gasteiger partial charge in [-0.1, -0.05) is 16.7 Å². The van der Waals surface area contributed by atoms with Crippen molar-refractivity contribution in [1.29, 1.82) is 0 Å². The Morgan fingerprint density at radius 1 is 1.57 bits per heavy atom. The number of amidine groups is 1. The average molecular weight is 186 g/mol. The van der Waals surface area contributed by atoms with E-state index in [1.807, 2.05) is 0 Å². The third-order valence-electron chi connectivity index (χ3n) is 1.90. The molecular formula is C8H7BN4O. The van der Waals surface area contributed by atoms with Crippen molar-refractivity contribution in [2.24, 2.45) is 10.9 Å². The van der Waals surface area contributed by atoms with Crippen molar-refractivity contribution < 1.29 is 5.21 Å². The zero-order valence-electron chi connectivity index (χ0n) is 7.25. The van der Waals surface area contributed by atoms with E-state index in [0.29, 0.717) is 16.8 Å². The normalized spacial score (nSPS) is 12.1. The van der Waals surface area contributed by atoms with Gasteiger partial charge in [0.15, 0.2) is 5.84 Å². The van der Waals surface area contributed by atoms with Gasteiger partial charge in [-0.25, -0.2) is 4.98 Å². The Labute approximate surface area is 81.3 Å². The number of aromatic nitrogens is 2. The zero-order valence-corrected chi connectivity index (χ0v) is 7.25. The van der Waals surface area contributed by atoms with E-state index in [2.05, 4.69) is 10.1 Å². The molecule has 0 unspecified atom stereocenters. The summed E-state index contributed by atoms with van der Waals surface area (Å²) in [6.45, 7) is 0. The van der Waals surface area contributed by atoms with Gasteiger partial charge in [0, 0.05) is 6.20 Å². The summed E-state index contributed by atoms with van der Waals surface area (Å²) in [4.78, 5) is 4.06. The number of fused-ring (bicyclic) bond motifs is 1. The number of pyridine rings is 1. The van der Waals surface area contributed by atoms with Gasteiger partial charge in [-0.2, -0.15) is 0 Å². The van der Waals surface area contributed by atoms with E-state index in [4.69, 9.17) is 18.8 Å². The van der Waals surface area contributed by atoms with Crippen LogP contribution in [0.5, 0.6) is 0 Å². The second-order valence-corrected chi connectivity index (χ2v) is 2.82. The Morgan fingerprint density at radius 3 is 3.07 bits per heavy atom. The average Bonchev–Trinajstić information content (AvgIpc) is 2.59. The Morgan fingerprint density at radius 2 is 2.36 bits per heavy atom. The van der Waals surface area contributed by atoms with Gasteiger partial charge in [0.2, 0.25) is 0 Å². The van der Waals surface area contributed by atoms with Gasteiger partial charge < -0.3 is 10.9 Å². The summed E-state index contributed by atoms with van der Waals surface area (Å²) >= 11 is 0. The van der Waals surface area contributed by atoms with Crippen LogP contribution in [0.15, 0.2) is 29.7 Å². The van der Waals surface area contributed by atoms with Crippen molar-refractivity contribution in [3.05, 3.63) is 30.2 Å². The molecule has 0 aliphatic rings. The van der Waals surface area contributed by atoms with Crippen molar-refractivity contribution >= 4 is 24.8 Å². The molecule has 14 heavy (non-hydrogen) atoms. The van der Waals surface area contributed by atoms with Crippen LogP contribution in [0.25, 0.3) is 5.65 Å². The minimum Gasteiger partial charge on any atom is -0.409 e. The van der Waals surface area contributed by atoms with Crippen LogP contribution in [-0.2, 0) is 0 Å². The molecule has 6 heteroatoms. The highest BCUT2D eigenvalue weighted by Crippen LogP contribution is 2.03. The maximum Gasteiger partial charge on any atom is 0.188 e. The Balaban J connectivity index is 2.73. The van der Waals surface area contributed by atoms with E-state index in [9.17, 15) is 0 Å². The first-order valence-electron chi connectivity index (χ1n) is 3.93. The van der Waals surface area contributed by atoms with Crippen LogP contribution >= 0.6 is 0 Å². The minimum absolute atomic E-state index is 0.00287. The molecule has 0 fully saturated rings. The van der Waals surface area contributed by atoms with E-state index >= 15 is 0 Å². The van der Waals surface area contributed by atoms with E-state index in [1.54, 1.807) is 22.7 Å². The number of nitrogens with zero attached hydrogens (tertiary/aromatic N) is 3. The lowest BCUT2D eigenvalue weighted by Crippen LogP contribution is -2.17.